The number of nitrogens with zero attached hydrogens (tertiary/aromatic N) is 3. The van der Waals surface area contributed by atoms with Gasteiger partial charge in [-0.15, -0.1) is 0 Å². The fourth-order valence-corrected chi connectivity index (χ4v) is 3.73. The highest BCUT2D eigenvalue weighted by atomic mass is 16.4. The van der Waals surface area contributed by atoms with Crippen molar-refractivity contribution in [1.29, 1.82) is 0 Å². The Kier molecular flexibility index (Phi) is 6.95. The SMILES string of the molecule is Cc1ccc(-c2cnc(CCC(=O)N3CCN(CC=Cc4ccccc4)CC3)o2)cc1. The van der Waals surface area contributed by atoms with Gasteiger partial charge in [0.25, 0.3) is 0 Å². The number of oxazole rings is 1. The summed E-state index contributed by atoms with van der Waals surface area (Å²) >= 11 is 0. The molecule has 3 aromatic rings. The standard InChI is InChI=1S/C26H29N3O2/c1-21-9-11-23(12-10-21)24-20-27-25(31-24)13-14-26(30)29-18-16-28(17-19-29)15-5-8-22-6-3-2-4-7-22/h2-12,20H,13-19H2,1H3. The number of benzene rings is 2. The number of rotatable bonds is 7. The van der Waals surface area contributed by atoms with E-state index in [9.17, 15) is 4.79 Å². The summed E-state index contributed by atoms with van der Waals surface area (Å²) in [5, 5.41) is 0. The molecular formula is C26H29N3O2. The van der Waals surface area contributed by atoms with E-state index in [4.69, 9.17) is 4.42 Å². The van der Waals surface area contributed by atoms with E-state index in [0.717, 1.165) is 44.0 Å². The lowest BCUT2D eigenvalue weighted by molar-refractivity contribution is -0.132. The van der Waals surface area contributed by atoms with Crippen molar-refractivity contribution in [2.45, 2.75) is 19.8 Å². The Balaban J connectivity index is 1.20. The van der Waals surface area contributed by atoms with Crippen LogP contribution in [0.3, 0.4) is 0 Å². The maximum absolute atomic E-state index is 12.6. The van der Waals surface area contributed by atoms with Crippen LogP contribution in [0.4, 0.5) is 0 Å². The van der Waals surface area contributed by atoms with Crippen molar-refractivity contribution in [3.05, 3.63) is 83.9 Å². The number of hydrogen-bond acceptors (Lipinski definition) is 4. The van der Waals surface area contributed by atoms with E-state index in [2.05, 4.69) is 53.2 Å². The zero-order valence-corrected chi connectivity index (χ0v) is 18.0. The molecule has 2 heterocycles. The number of carbonyl (C=O) groups excluding carboxylic acids is 1. The van der Waals surface area contributed by atoms with E-state index in [-0.39, 0.29) is 5.91 Å². The van der Waals surface area contributed by atoms with Gasteiger partial charge in [0, 0.05) is 51.1 Å². The summed E-state index contributed by atoms with van der Waals surface area (Å²) in [6, 6.07) is 18.5. The third-order valence-corrected chi connectivity index (χ3v) is 5.64. The fourth-order valence-electron chi connectivity index (χ4n) is 3.73. The Hall–Kier alpha value is -3.18. The van der Waals surface area contributed by atoms with Gasteiger partial charge in [0.05, 0.1) is 6.20 Å². The highest BCUT2D eigenvalue weighted by Crippen LogP contribution is 2.21. The van der Waals surface area contributed by atoms with E-state index >= 15 is 0 Å². The molecule has 0 spiro atoms. The Morgan fingerprint density at radius 3 is 2.52 bits per heavy atom. The molecule has 0 unspecified atom stereocenters. The average molecular weight is 416 g/mol. The largest absolute Gasteiger partial charge is 0.441 e. The van der Waals surface area contributed by atoms with Gasteiger partial charge in [-0.2, -0.15) is 0 Å². The third kappa shape index (κ3) is 5.92. The van der Waals surface area contributed by atoms with Gasteiger partial charge >= 0.3 is 0 Å². The van der Waals surface area contributed by atoms with Crippen molar-refractivity contribution in [3.8, 4) is 11.3 Å². The first-order valence-corrected chi connectivity index (χ1v) is 10.9. The molecule has 0 radical (unpaired) electrons. The van der Waals surface area contributed by atoms with Crippen LogP contribution in [0.25, 0.3) is 17.4 Å². The van der Waals surface area contributed by atoms with Crippen LogP contribution in [-0.2, 0) is 11.2 Å². The van der Waals surface area contributed by atoms with Crippen LogP contribution in [0.1, 0.15) is 23.4 Å². The lowest BCUT2D eigenvalue weighted by Crippen LogP contribution is -2.48. The fraction of sp³-hybridized carbons (Fsp3) is 0.308. The van der Waals surface area contributed by atoms with Gasteiger partial charge in [-0.1, -0.05) is 72.3 Å². The summed E-state index contributed by atoms with van der Waals surface area (Å²) in [6.45, 7) is 6.33. The predicted octanol–water partition coefficient (Wildman–Crippen LogP) is 4.44. The smallest absolute Gasteiger partial charge is 0.223 e. The number of piperazine rings is 1. The lowest BCUT2D eigenvalue weighted by Gasteiger charge is -2.34. The molecule has 0 aliphatic carbocycles. The summed E-state index contributed by atoms with van der Waals surface area (Å²) in [5.41, 5.74) is 3.43. The number of hydrogen-bond donors (Lipinski definition) is 0. The lowest BCUT2D eigenvalue weighted by atomic mass is 10.1. The van der Waals surface area contributed by atoms with Gasteiger partial charge in [-0.05, 0) is 12.5 Å². The molecule has 5 heteroatoms. The van der Waals surface area contributed by atoms with Crippen molar-refractivity contribution in [2.75, 3.05) is 32.7 Å². The van der Waals surface area contributed by atoms with Gasteiger partial charge in [-0.3, -0.25) is 9.69 Å². The Bertz CT molecular complexity index is 1000. The highest BCUT2D eigenvalue weighted by Gasteiger charge is 2.20. The Labute approximate surface area is 184 Å². The number of aromatic nitrogens is 1. The minimum atomic E-state index is 0.176. The van der Waals surface area contributed by atoms with Crippen LogP contribution in [0.5, 0.6) is 0 Å². The average Bonchev–Trinajstić information content (AvgIpc) is 3.28. The topological polar surface area (TPSA) is 49.6 Å². The first-order valence-electron chi connectivity index (χ1n) is 10.9. The van der Waals surface area contributed by atoms with E-state index in [1.165, 1.54) is 11.1 Å². The van der Waals surface area contributed by atoms with Crippen LogP contribution in [0, 0.1) is 6.92 Å². The van der Waals surface area contributed by atoms with E-state index < -0.39 is 0 Å². The Morgan fingerprint density at radius 1 is 1.03 bits per heavy atom. The minimum absolute atomic E-state index is 0.176. The summed E-state index contributed by atoms with van der Waals surface area (Å²) in [7, 11) is 0. The first kappa shape index (κ1) is 21.1. The molecule has 2 aromatic carbocycles. The summed E-state index contributed by atoms with van der Waals surface area (Å²) in [4.78, 5) is 21.3. The van der Waals surface area contributed by atoms with Gasteiger partial charge < -0.3 is 9.32 Å². The second kappa shape index (κ2) is 10.2. The molecule has 0 saturated carbocycles. The van der Waals surface area contributed by atoms with Crippen LogP contribution in [0.15, 0.2) is 71.3 Å². The molecule has 0 bridgehead atoms. The maximum atomic E-state index is 12.6. The van der Waals surface area contributed by atoms with Crippen LogP contribution >= 0.6 is 0 Å². The second-order valence-corrected chi connectivity index (χ2v) is 7.98. The first-order chi connectivity index (χ1) is 15.2. The predicted molar refractivity (Wildman–Crippen MR) is 123 cm³/mol. The van der Waals surface area contributed by atoms with Crippen molar-refractivity contribution in [2.24, 2.45) is 0 Å². The molecule has 1 aliphatic heterocycles. The zero-order chi connectivity index (χ0) is 21.5. The van der Waals surface area contributed by atoms with Crippen molar-refractivity contribution >= 4 is 12.0 Å². The number of amides is 1. The van der Waals surface area contributed by atoms with Crippen molar-refractivity contribution in [3.63, 3.8) is 0 Å². The quantitative estimate of drug-likeness (QED) is 0.572. The van der Waals surface area contributed by atoms with Crippen LogP contribution in [-0.4, -0.2) is 53.4 Å². The monoisotopic (exact) mass is 415 g/mol. The van der Waals surface area contributed by atoms with Gasteiger partial charge in [0.2, 0.25) is 5.91 Å². The van der Waals surface area contributed by atoms with E-state index in [0.29, 0.717) is 18.7 Å². The molecule has 4 rings (SSSR count). The van der Waals surface area contributed by atoms with Crippen molar-refractivity contribution < 1.29 is 9.21 Å². The molecule has 5 nitrogen and oxygen atoms in total. The molecule has 1 aliphatic rings. The van der Waals surface area contributed by atoms with E-state index in [1.807, 2.05) is 35.2 Å². The molecule has 160 valence electrons. The van der Waals surface area contributed by atoms with Gasteiger partial charge in [-0.25, -0.2) is 4.98 Å². The van der Waals surface area contributed by atoms with Gasteiger partial charge in [0.1, 0.15) is 0 Å². The van der Waals surface area contributed by atoms with Gasteiger partial charge in [0.15, 0.2) is 11.7 Å². The molecular weight excluding hydrogens is 386 g/mol. The molecule has 1 saturated heterocycles. The summed E-state index contributed by atoms with van der Waals surface area (Å²) < 4.78 is 5.85. The van der Waals surface area contributed by atoms with E-state index in [1.54, 1.807) is 6.20 Å². The summed E-state index contributed by atoms with van der Waals surface area (Å²) in [5.74, 6) is 1.54. The van der Waals surface area contributed by atoms with Crippen LogP contribution < -0.4 is 0 Å². The Morgan fingerprint density at radius 2 is 1.77 bits per heavy atom. The normalized spacial score (nSPS) is 14.9. The third-order valence-electron chi connectivity index (χ3n) is 5.64. The minimum Gasteiger partial charge on any atom is -0.441 e. The maximum Gasteiger partial charge on any atom is 0.223 e. The molecule has 0 atom stereocenters. The summed E-state index contributed by atoms with van der Waals surface area (Å²) in [6.07, 6.45) is 7.05. The number of carbonyl (C=O) groups is 1. The highest BCUT2D eigenvalue weighted by molar-refractivity contribution is 5.76. The second-order valence-electron chi connectivity index (χ2n) is 7.98. The van der Waals surface area contributed by atoms with Crippen LogP contribution in [0.2, 0.25) is 0 Å². The number of aryl methyl sites for hydroxylation is 2. The molecule has 0 N–H and O–H groups in total. The van der Waals surface area contributed by atoms with Crippen molar-refractivity contribution in [1.82, 2.24) is 14.8 Å². The molecule has 31 heavy (non-hydrogen) atoms. The molecule has 1 fully saturated rings. The zero-order valence-electron chi connectivity index (χ0n) is 18.0. The molecule has 1 amide bonds. The molecule has 1 aromatic heterocycles.